The Morgan fingerprint density at radius 2 is 1.93 bits per heavy atom. The summed E-state index contributed by atoms with van der Waals surface area (Å²) in [6.07, 6.45) is 8.24. The molecule has 1 aliphatic heterocycles. The van der Waals surface area contributed by atoms with Crippen molar-refractivity contribution in [3.05, 3.63) is 71.8 Å². The largest absolute Gasteiger partial charge is 0.354 e. The Hall–Kier alpha value is -3.48. The Morgan fingerprint density at radius 3 is 2.73 bits per heavy atom. The molecule has 3 heterocycles. The van der Waals surface area contributed by atoms with E-state index < -0.39 is 0 Å². The highest BCUT2D eigenvalue weighted by molar-refractivity contribution is 5.99. The quantitative estimate of drug-likeness (QED) is 0.637. The molecule has 2 aliphatic rings. The summed E-state index contributed by atoms with van der Waals surface area (Å²) in [6.45, 7) is 1.09. The van der Waals surface area contributed by atoms with Crippen molar-refractivity contribution in [3.63, 3.8) is 0 Å². The molecule has 5 rings (SSSR count). The molecule has 2 amide bonds. The molecule has 1 aliphatic carbocycles. The molecule has 30 heavy (non-hydrogen) atoms. The average molecular weight is 401 g/mol. The lowest BCUT2D eigenvalue weighted by molar-refractivity contribution is -0.121. The normalized spacial score (nSPS) is 17.5. The molecular formula is C23H23N5O2. The molecule has 2 aromatic heterocycles. The van der Waals surface area contributed by atoms with E-state index in [0.29, 0.717) is 24.6 Å². The van der Waals surface area contributed by atoms with Crippen LogP contribution in [0.3, 0.4) is 0 Å². The Labute approximate surface area is 174 Å². The molecule has 152 valence electrons. The summed E-state index contributed by atoms with van der Waals surface area (Å²) in [4.78, 5) is 28.5. The number of nitrogens with one attached hydrogen (secondary N) is 2. The molecule has 1 saturated carbocycles. The van der Waals surface area contributed by atoms with Gasteiger partial charge in [-0.05, 0) is 42.2 Å². The van der Waals surface area contributed by atoms with Crippen LogP contribution in [0.5, 0.6) is 0 Å². The fourth-order valence-corrected chi connectivity index (χ4v) is 4.01. The summed E-state index contributed by atoms with van der Waals surface area (Å²) in [5, 5.41) is 10.6. The minimum Gasteiger partial charge on any atom is -0.354 e. The van der Waals surface area contributed by atoms with Crippen molar-refractivity contribution in [1.82, 2.24) is 25.4 Å². The minimum absolute atomic E-state index is 0.0825. The fourth-order valence-electron chi connectivity index (χ4n) is 4.01. The van der Waals surface area contributed by atoms with E-state index in [9.17, 15) is 9.59 Å². The van der Waals surface area contributed by atoms with Gasteiger partial charge in [-0.1, -0.05) is 18.2 Å². The molecule has 3 aromatic rings. The van der Waals surface area contributed by atoms with Gasteiger partial charge < -0.3 is 10.6 Å². The lowest BCUT2D eigenvalue weighted by Crippen LogP contribution is -2.31. The Balaban J connectivity index is 1.19. The van der Waals surface area contributed by atoms with Gasteiger partial charge in [0.1, 0.15) is 0 Å². The minimum atomic E-state index is -0.266. The Kier molecular flexibility index (Phi) is 4.78. The van der Waals surface area contributed by atoms with Crippen LogP contribution >= 0.6 is 0 Å². The maximum Gasteiger partial charge on any atom is 0.252 e. The number of aromatic nitrogens is 3. The number of carbonyl (C=O) groups is 2. The highest BCUT2D eigenvalue weighted by atomic mass is 16.2. The summed E-state index contributed by atoms with van der Waals surface area (Å²) in [5.74, 6) is 0.340. The van der Waals surface area contributed by atoms with Crippen molar-refractivity contribution in [3.8, 4) is 11.1 Å². The highest BCUT2D eigenvalue weighted by Gasteiger charge is 2.30. The van der Waals surface area contributed by atoms with E-state index in [-0.39, 0.29) is 24.3 Å². The number of benzene rings is 1. The first-order chi connectivity index (χ1) is 14.7. The number of rotatable bonds is 7. The van der Waals surface area contributed by atoms with Gasteiger partial charge in [-0.3, -0.25) is 19.3 Å². The number of carbonyl (C=O) groups excluding carboxylic acids is 2. The van der Waals surface area contributed by atoms with Crippen molar-refractivity contribution in [1.29, 1.82) is 0 Å². The van der Waals surface area contributed by atoms with Crippen molar-refractivity contribution in [2.75, 3.05) is 6.54 Å². The fraction of sp³-hybridized carbons (Fsp3) is 0.304. The lowest BCUT2D eigenvalue weighted by Gasteiger charge is -2.12. The number of hydrogen-bond acceptors (Lipinski definition) is 4. The molecule has 2 N–H and O–H groups in total. The zero-order chi connectivity index (χ0) is 20.5. The van der Waals surface area contributed by atoms with Crippen LogP contribution in [0.4, 0.5) is 0 Å². The second-order valence-corrected chi connectivity index (χ2v) is 7.87. The molecule has 0 radical (unpaired) electrons. The molecule has 7 nitrogen and oxygen atoms in total. The molecule has 1 fully saturated rings. The Bertz CT molecular complexity index is 1090. The highest BCUT2D eigenvalue weighted by Crippen LogP contribution is 2.43. The van der Waals surface area contributed by atoms with Crippen LogP contribution in [-0.4, -0.2) is 33.1 Å². The molecule has 0 bridgehead atoms. The predicted octanol–water partition coefficient (Wildman–Crippen LogP) is 2.81. The third kappa shape index (κ3) is 3.70. The summed E-state index contributed by atoms with van der Waals surface area (Å²) in [5.41, 5.74) is 4.95. The molecule has 0 spiro atoms. The van der Waals surface area contributed by atoms with Crippen LogP contribution in [0.1, 0.15) is 52.8 Å². The SMILES string of the molecule is O=C(C[C@@H]1NC(=O)c2ccccc21)NCCn1cc(-c2ccncc2)c(C2CC2)n1. The van der Waals surface area contributed by atoms with Crippen LogP contribution in [0.15, 0.2) is 55.0 Å². The standard InChI is InChI=1S/C23H23N5O2/c29-21(13-20-17-3-1-2-4-18(17)23(30)26-20)25-11-12-28-14-19(15-7-9-24-10-8-15)22(27-28)16-5-6-16/h1-4,7-10,14,16,20H,5-6,11-13H2,(H,25,29)(H,26,30)/t20-/m0/s1. The summed E-state index contributed by atoms with van der Waals surface area (Å²) < 4.78 is 1.91. The van der Waals surface area contributed by atoms with E-state index in [1.165, 1.54) is 12.8 Å². The van der Waals surface area contributed by atoms with Crippen LogP contribution < -0.4 is 10.6 Å². The van der Waals surface area contributed by atoms with E-state index >= 15 is 0 Å². The van der Waals surface area contributed by atoms with E-state index in [4.69, 9.17) is 5.10 Å². The number of amides is 2. The van der Waals surface area contributed by atoms with Gasteiger partial charge in [0.05, 0.1) is 24.7 Å². The number of hydrogen-bond donors (Lipinski definition) is 2. The van der Waals surface area contributed by atoms with E-state index in [1.54, 1.807) is 18.5 Å². The van der Waals surface area contributed by atoms with E-state index in [0.717, 1.165) is 22.4 Å². The third-order valence-corrected chi connectivity index (χ3v) is 5.68. The van der Waals surface area contributed by atoms with Gasteiger partial charge in [0.2, 0.25) is 5.91 Å². The maximum atomic E-state index is 12.4. The number of fused-ring (bicyclic) bond motifs is 1. The van der Waals surface area contributed by atoms with Crippen LogP contribution in [0, 0.1) is 0 Å². The van der Waals surface area contributed by atoms with Crippen molar-refractivity contribution < 1.29 is 9.59 Å². The first kappa shape index (κ1) is 18.5. The maximum absolute atomic E-state index is 12.4. The van der Waals surface area contributed by atoms with E-state index in [1.807, 2.05) is 35.0 Å². The summed E-state index contributed by atoms with van der Waals surface area (Å²) >= 11 is 0. The zero-order valence-electron chi connectivity index (χ0n) is 16.5. The van der Waals surface area contributed by atoms with Gasteiger partial charge >= 0.3 is 0 Å². The van der Waals surface area contributed by atoms with Gasteiger partial charge in [0.25, 0.3) is 5.91 Å². The van der Waals surface area contributed by atoms with E-state index in [2.05, 4.69) is 21.8 Å². The monoisotopic (exact) mass is 401 g/mol. The average Bonchev–Trinajstić information content (AvgIpc) is 3.45. The first-order valence-electron chi connectivity index (χ1n) is 10.3. The molecular weight excluding hydrogens is 378 g/mol. The predicted molar refractivity (Wildman–Crippen MR) is 112 cm³/mol. The van der Waals surface area contributed by atoms with Gasteiger partial charge in [0.15, 0.2) is 0 Å². The molecule has 0 unspecified atom stereocenters. The first-order valence-corrected chi connectivity index (χ1v) is 10.3. The van der Waals surface area contributed by atoms with Crippen LogP contribution in [0.2, 0.25) is 0 Å². The lowest BCUT2D eigenvalue weighted by atomic mass is 10.0. The molecule has 0 saturated heterocycles. The second-order valence-electron chi connectivity index (χ2n) is 7.87. The van der Waals surface area contributed by atoms with Crippen LogP contribution in [0.25, 0.3) is 11.1 Å². The smallest absolute Gasteiger partial charge is 0.252 e. The topological polar surface area (TPSA) is 88.9 Å². The number of nitrogens with zero attached hydrogens (tertiary/aromatic N) is 3. The molecule has 1 atom stereocenters. The summed E-state index contributed by atoms with van der Waals surface area (Å²) in [7, 11) is 0. The Morgan fingerprint density at radius 1 is 1.13 bits per heavy atom. The number of pyridine rings is 1. The van der Waals surface area contributed by atoms with Gasteiger partial charge in [-0.2, -0.15) is 5.10 Å². The molecule has 1 aromatic carbocycles. The zero-order valence-corrected chi connectivity index (χ0v) is 16.5. The van der Waals surface area contributed by atoms with Crippen molar-refractivity contribution in [2.24, 2.45) is 0 Å². The van der Waals surface area contributed by atoms with Gasteiger partial charge in [0, 0.05) is 42.2 Å². The van der Waals surface area contributed by atoms with Crippen molar-refractivity contribution in [2.45, 2.75) is 37.8 Å². The van der Waals surface area contributed by atoms with Gasteiger partial charge in [-0.25, -0.2) is 0 Å². The second kappa shape index (κ2) is 7.74. The third-order valence-electron chi connectivity index (χ3n) is 5.68. The van der Waals surface area contributed by atoms with Crippen molar-refractivity contribution >= 4 is 11.8 Å². The van der Waals surface area contributed by atoms with Crippen LogP contribution in [-0.2, 0) is 11.3 Å². The van der Waals surface area contributed by atoms with Gasteiger partial charge in [-0.15, -0.1) is 0 Å². The molecule has 7 heteroatoms. The summed E-state index contributed by atoms with van der Waals surface area (Å²) in [6, 6.07) is 11.2.